The molecule has 2 rings (SSSR count). The first kappa shape index (κ1) is 15.6. The summed E-state index contributed by atoms with van der Waals surface area (Å²) in [6.07, 6.45) is 1.51. The first-order valence-electron chi connectivity index (χ1n) is 6.51. The molecular weight excluding hydrogens is 289 g/mol. The summed E-state index contributed by atoms with van der Waals surface area (Å²) in [5.41, 5.74) is 0.673. The number of carbonyl (C=O) groups is 3. The molecule has 0 N–H and O–H groups in total. The van der Waals surface area contributed by atoms with Crippen molar-refractivity contribution in [3.05, 3.63) is 59.2 Å². The van der Waals surface area contributed by atoms with E-state index in [0.717, 1.165) is 6.07 Å². The van der Waals surface area contributed by atoms with Crippen LogP contribution in [0.5, 0.6) is 0 Å². The Morgan fingerprint density at radius 3 is 2.50 bits per heavy atom. The molecule has 0 aliphatic carbocycles. The van der Waals surface area contributed by atoms with Crippen molar-refractivity contribution in [2.24, 2.45) is 7.05 Å². The van der Waals surface area contributed by atoms with Gasteiger partial charge in [0.1, 0.15) is 11.5 Å². The van der Waals surface area contributed by atoms with Crippen LogP contribution in [0.4, 0.5) is 4.39 Å². The van der Waals surface area contributed by atoms with Gasteiger partial charge >= 0.3 is 5.97 Å². The van der Waals surface area contributed by atoms with E-state index < -0.39 is 24.2 Å². The summed E-state index contributed by atoms with van der Waals surface area (Å²) in [7, 11) is 1.59. The van der Waals surface area contributed by atoms with Crippen molar-refractivity contribution in [2.45, 2.75) is 6.92 Å². The molecule has 0 spiro atoms. The normalized spacial score (nSPS) is 10.3. The molecule has 0 aliphatic heterocycles. The Kier molecular flexibility index (Phi) is 4.50. The zero-order chi connectivity index (χ0) is 16.3. The van der Waals surface area contributed by atoms with Crippen LogP contribution >= 0.6 is 0 Å². The summed E-state index contributed by atoms with van der Waals surface area (Å²) in [4.78, 5) is 35.0. The molecule has 22 heavy (non-hydrogen) atoms. The van der Waals surface area contributed by atoms with E-state index in [1.54, 1.807) is 7.05 Å². The predicted octanol–water partition coefficient (Wildman–Crippen LogP) is 2.41. The lowest BCUT2D eigenvalue weighted by atomic mass is 10.1. The quantitative estimate of drug-likeness (QED) is 0.628. The van der Waals surface area contributed by atoms with Crippen LogP contribution in [0.25, 0.3) is 0 Å². The van der Waals surface area contributed by atoms with Crippen molar-refractivity contribution >= 4 is 17.5 Å². The minimum absolute atomic E-state index is 0.129. The number of halogens is 1. The fourth-order valence-corrected chi connectivity index (χ4v) is 1.91. The number of hydrogen-bond acceptors (Lipinski definition) is 4. The van der Waals surface area contributed by atoms with E-state index in [-0.39, 0.29) is 17.0 Å². The van der Waals surface area contributed by atoms with Crippen LogP contribution in [0.3, 0.4) is 0 Å². The number of ketones is 2. The average molecular weight is 303 g/mol. The Morgan fingerprint density at radius 2 is 1.91 bits per heavy atom. The van der Waals surface area contributed by atoms with E-state index in [1.807, 2.05) is 0 Å². The number of benzene rings is 1. The second-order valence-electron chi connectivity index (χ2n) is 4.79. The highest BCUT2D eigenvalue weighted by molar-refractivity contribution is 6.00. The number of aromatic nitrogens is 1. The number of hydrogen-bond donors (Lipinski definition) is 0. The molecule has 2 aromatic rings. The molecule has 0 saturated heterocycles. The summed E-state index contributed by atoms with van der Waals surface area (Å²) < 4.78 is 19.4. The molecule has 1 aromatic carbocycles. The van der Waals surface area contributed by atoms with Gasteiger partial charge in [0, 0.05) is 24.4 Å². The largest absolute Gasteiger partial charge is 0.453 e. The Bertz CT molecular complexity index is 748. The third kappa shape index (κ3) is 3.46. The predicted molar refractivity (Wildman–Crippen MR) is 76.4 cm³/mol. The maximum Gasteiger partial charge on any atom is 0.355 e. The van der Waals surface area contributed by atoms with Crippen LogP contribution in [0.2, 0.25) is 0 Å². The second kappa shape index (κ2) is 6.34. The van der Waals surface area contributed by atoms with Crippen molar-refractivity contribution in [1.29, 1.82) is 0 Å². The SMILES string of the molecule is CC(=O)c1cc(C(=O)OCC(=O)c2cccc(F)c2)n(C)c1. The molecule has 0 amide bonds. The van der Waals surface area contributed by atoms with Crippen molar-refractivity contribution in [3.63, 3.8) is 0 Å². The molecule has 0 atom stereocenters. The lowest BCUT2D eigenvalue weighted by Crippen LogP contribution is -2.16. The number of ether oxygens (including phenoxy) is 1. The highest BCUT2D eigenvalue weighted by Crippen LogP contribution is 2.10. The highest BCUT2D eigenvalue weighted by Gasteiger charge is 2.17. The number of carbonyl (C=O) groups excluding carboxylic acids is 3. The molecule has 0 fully saturated rings. The molecule has 0 bridgehead atoms. The first-order valence-corrected chi connectivity index (χ1v) is 6.51. The van der Waals surface area contributed by atoms with Crippen LogP contribution in [0.1, 0.15) is 38.1 Å². The van der Waals surface area contributed by atoms with E-state index in [9.17, 15) is 18.8 Å². The standard InChI is InChI=1S/C16H14FNO4/c1-10(19)12-7-14(18(2)8-12)16(21)22-9-15(20)11-4-3-5-13(17)6-11/h3-8H,9H2,1-2H3. The Morgan fingerprint density at radius 1 is 1.18 bits per heavy atom. The number of nitrogens with zero attached hydrogens (tertiary/aromatic N) is 1. The maximum absolute atomic E-state index is 13.0. The van der Waals surface area contributed by atoms with Gasteiger partial charge in [-0.3, -0.25) is 9.59 Å². The molecule has 1 heterocycles. The van der Waals surface area contributed by atoms with Gasteiger partial charge < -0.3 is 9.30 Å². The van der Waals surface area contributed by atoms with Gasteiger partial charge in [-0.1, -0.05) is 12.1 Å². The smallest absolute Gasteiger partial charge is 0.355 e. The van der Waals surface area contributed by atoms with E-state index >= 15 is 0 Å². The van der Waals surface area contributed by atoms with Crippen LogP contribution in [-0.4, -0.2) is 28.7 Å². The summed E-state index contributed by atoms with van der Waals surface area (Å²) in [6.45, 7) is 0.890. The van der Waals surface area contributed by atoms with Gasteiger partial charge in [-0.2, -0.15) is 0 Å². The van der Waals surface area contributed by atoms with Crippen LogP contribution in [-0.2, 0) is 11.8 Å². The van der Waals surface area contributed by atoms with Gasteiger partial charge in [0.05, 0.1) is 0 Å². The lowest BCUT2D eigenvalue weighted by Gasteiger charge is -2.05. The summed E-state index contributed by atoms with van der Waals surface area (Å²) in [5.74, 6) is -1.94. The van der Waals surface area contributed by atoms with Crippen LogP contribution in [0, 0.1) is 5.82 Å². The zero-order valence-electron chi connectivity index (χ0n) is 12.1. The third-order valence-electron chi connectivity index (χ3n) is 3.10. The Hall–Kier alpha value is -2.76. The third-order valence-corrected chi connectivity index (χ3v) is 3.10. The number of Topliss-reactive ketones (excluding diaryl/α,β-unsaturated/α-hetero) is 2. The van der Waals surface area contributed by atoms with Gasteiger partial charge in [-0.15, -0.1) is 0 Å². The Balaban J connectivity index is 2.04. The molecule has 5 nitrogen and oxygen atoms in total. The minimum atomic E-state index is -0.722. The van der Waals surface area contributed by atoms with Gasteiger partial charge in [0.2, 0.25) is 0 Å². The van der Waals surface area contributed by atoms with Crippen LogP contribution in [0.15, 0.2) is 36.5 Å². The molecular formula is C16H14FNO4. The van der Waals surface area contributed by atoms with Crippen LogP contribution < -0.4 is 0 Å². The van der Waals surface area contributed by atoms with Crippen molar-refractivity contribution in [2.75, 3.05) is 6.61 Å². The summed E-state index contributed by atoms with van der Waals surface area (Å²) >= 11 is 0. The van der Waals surface area contributed by atoms with Gasteiger partial charge in [0.15, 0.2) is 18.2 Å². The number of rotatable bonds is 5. The van der Waals surface area contributed by atoms with Gasteiger partial charge in [-0.05, 0) is 25.1 Å². The fraction of sp³-hybridized carbons (Fsp3) is 0.188. The highest BCUT2D eigenvalue weighted by atomic mass is 19.1. The molecule has 0 aliphatic rings. The Labute approximate surface area is 126 Å². The fourth-order valence-electron chi connectivity index (χ4n) is 1.91. The van der Waals surface area contributed by atoms with Crippen molar-refractivity contribution in [1.82, 2.24) is 4.57 Å². The van der Waals surface area contributed by atoms with E-state index in [1.165, 1.54) is 42.0 Å². The van der Waals surface area contributed by atoms with Crippen molar-refractivity contribution in [3.8, 4) is 0 Å². The zero-order valence-corrected chi connectivity index (χ0v) is 12.1. The minimum Gasteiger partial charge on any atom is -0.453 e. The molecule has 114 valence electrons. The van der Waals surface area contributed by atoms with E-state index in [2.05, 4.69) is 0 Å². The van der Waals surface area contributed by atoms with Crippen molar-refractivity contribution < 1.29 is 23.5 Å². The maximum atomic E-state index is 13.0. The second-order valence-corrected chi connectivity index (χ2v) is 4.79. The molecule has 1 aromatic heterocycles. The van der Waals surface area contributed by atoms with E-state index in [4.69, 9.17) is 4.74 Å². The van der Waals surface area contributed by atoms with E-state index in [0.29, 0.717) is 5.56 Å². The molecule has 0 saturated carbocycles. The lowest BCUT2D eigenvalue weighted by molar-refractivity contribution is 0.0465. The van der Waals surface area contributed by atoms with Gasteiger partial charge in [-0.25, -0.2) is 9.18 Å². The van der Waals surface area contributed by atoms with Gasteiger partial charge in [0.25, 0.3) is 0 Å². The molecule has 6 heteroatoms. The number of aryl methyl sites for hydroxylation is 1. The number of esters is 1. The summed E-state index contributed by atoms with van der Waals surface area (Å²) in [5, 5.41) is 0. The average Bonchev–Trinajstić information content (AvgIpc) is 2.86. The molecule has 0 radical (unpaired) electrons. The topological polar surface area (TPSA) is 65.4 Å². The molecule has 0 unspecified atom stereocenters. The summed E-state index contributed by atoms with van der Waals surface area (Å²) in [6, 6.07) is 6.54. The monoisotopic (exact) mass is 303 g/mol. The first-order chi connectivity index (χ1) is 10.4.